The fourth-order valence-electron chi connectivity index (χ4n) is 3.43. The van der Waals surface area contributed by atoms with Crippen LogP contribution in [-0.4, -0.2) is 27.6 Å². The van der Waals surface area contributed by atoms with Crippen LogP contribution in [0.25, 0.3) is 16.9 Å². The largest absolute Gasteiger partial charge is 0.496 e. The van der Waals surface area contributed by atoms with Gasteiger partial charge in [-0.05, 0) is 44.5 Å². The molecule has 3 aromatic rings. The number of nitrogens with zero attached hydrogens (tertiary/aromatic N) is 3. The van der Waals surface area contributed by atoms with Crippen molar-refractivity contribution in [2.45, 2.75) is 53.6 Å². The summed E-state index contributed by atoms with van der Waals surface area (Å²) in [5.41, 5.74) is 5.57. The summed E-state index contributed by atoms with van der Waals surface area (Å²) in [5, 5.41) is 0. The van der Waals surface area contributed by atoms with E-state index in [9.17, 15) is 4.79 Å². The van der Waals surface area contributed by atoms with E-state index in [-0.39, 0.29) is 12.1 Å². The number of hydrogen-bond donors (Lipinski definition) is 0. The molecule has 1 aromatic carbocycles. The quantitative estimate of drug-likeness (QED) is 0.583. The van der Waals surface area contributed by atoms with Crippen LogP contribution in [0.1, 0.15) is 55.9 Å². The number of esters is 1. The number of ether oxygens (including phenoxy) is 2. The second-order valence-corrected chi connectivity index (χ2v) is 6.88. The van der Waals surface area contributed by atoms with Crippen LogP contribution in [0.5, 0.6) is 5.75 Å². The average Bonchev–Trinajstić information content (AvgIpc) is 3.05. The lowest BCUT2D eigenvalue weighted by molar-refractivity contribution is -0.148. The van der Waals surface area contributed by atoms with Crippen LogP contribution in [0.15, 0.2) is 24.3 Å². The summed E-state index contributed by atoms with van der Waals surface area (Å²) in [5.74, 6) is 1.38. The molecule has 2 aromatic heterocycles. The van der Waals surface area contributed by atoms with Crippen LogP contribution >= 0.6 is 0 Å². The number of methoxy groups -OCH3 is 1. The standard InChI is InChI=1S/C22H27N3O3/c1-7-19-24-21-13(3)11-14(4)23-22(21)25(19)16-9-10-17(18(12-16)27-6)15(5)28-20(26)8-2/h9-12,15H,7-8H2,1-6H3. The Labute approximate surface area is 165 Å². The molecule has 0 bridgehead atoms. The molecule has 0 aliphatic rings. The molecule has 6 heteroatoms. The summed E-state index contributed by atoms with van der Waals surface area (Å²) in [6, 6.07) is 7.93. The second-order valence-electron chi connectivity index (χ2n) is 6.88. The van der Waals surface area contributed by atoms with Gasteiger partial charge >= 0.3 is 5.97 Å². The van der Waals surface area contributed by atoms with Crippen molar-refractivity contribution in [2.24, 2.45) is 0 Å². The van der Waals surface area contributed by atoms with Crippen molar-refractivity contribution in [3.63, 3.8) is 0 Å². The maximum absolute atomic E-state index is 11.7. The van der Waals surface area contributed by atoms with E-state index in [0.29, 0.717) is 12.2 Å². The van der Waals surface area contributed by atoms with Gasteiger partial charge in [-0.25, -0.2) is 9.97 Å². The van der Waals surface area contributed by atoms with Gasteiger partial charge in [0.15, 0.2) is 5.65 Å². The molecule has 0 aliphatic heterocycles. The lowest BCUT2D eigenvalue weighted by Gasteiger charge is -2.18. The predicted octanol–water partition coefficient (Wildman–Crippen LogP) is 4.62. The Morgan fingerprint density at radius 1 is 1.18 bits per heavy atom. The molecule has 0 amide bonds. The van der Waals surface area contributed by atoms with Gasteiger partial charge in [-0.1, -0.05) is 13.8 Å². The van der Waals surface area contributed by atoms with Crippen LogP contribution in [0.4, 0.5) is 0 Å². The molecule has 0 saturated carbocycles. The molecule has 0 saturated heterocycles. The van der Waals surface area contributed by atoms with E-state index in [1.807, 2.05) is 38.1 Å². The molecule has 28 heavy (non-hydrogen) atoms. The number of pyridine rings is 1. The molecule has 0 radical (unpaired) electrons. The lowest BCUT2D eigenvalue weighted by Crippen LogP contribution is -2.09. The third-order valence-corrected chi connectivity index (χ3v) is 4.83. The molecule has 0 aliphatic carbocycles. The number of aryl methyl sites for hydroxylation is 3. The smallest absolute Gasteiger partial charge is 0.306 e. The van der Waals surface area contributed by atoms with Gasteiger partial charge in [0.1, 0.15) is 23.2 Å². The Bertz CT molecular complexity index is 1020. The van der Waals surface area contributed by atoms with Crippen LogP contribution in [0.2, 0.25) is 0 Å². The van der Waals surface area contributed by atoms with Crippen LogP contribution in [-0.2, 0) is 16.0 Å². The van der Waals surface area contributed by atoms with E-state index in [2.05, 4.69) is 18.4 Å². The molecule has 3 rings (SSSR count). The minimum absolute atomic E-state index is 0.234. The molecule has 148 valence electrons. The molecule has 6 nitrogen and oxygen atoms in total. The summed E-state index contributed by atoms with van der Waals surface area (Å²) in [4.78, 5) is 21.2. The number of benzene rings is 1. The number of rotatable bonds is 6. The Kier molecular flexibility index (Phi) is 5.68. The van der Waals surface area contributed by atoms with Crippen LogP contribution in [0.3, 0.4) is 0 Å². The van der Waals surface area contributed by atoms with Gasteiger partial charge in [0.2, 0.25) is 0 Å². The van der Waals surface area contributed by atoms with E-state index in [0.717, 1.165) is 45.9 Å². The highest BCUT2D eigenvalue weighted by Crippen LogP contribution is 2.32. The third kappa shape index (κ3) is 3.59. The first kappa shape index (κ1) is 19.9. The number of fused-ring (bicyclic) bond motifs is 1. The zero-order valence-electron chi connectivity index (χ0n) is 17.4. The molecule has 0 fully saturated rings. The maximum Gasteiger partial charge on any atom is 0.306 e. The van der Waals surface area contributed by atoms with E-state index < -0.39 is 0 Å². The van der Waals surface area contributed by atoms with Crippen molar-refractivity contribution in [1.82, 2.24) is 14.5 Å². The SMILES string of the molecule is CCC(=O)OC(C)c1ccc(-n2c(CC)nc3c(C)cc(C)nc32)cc1OC. The summed E-state index contributed by atoms with van der Waals surface area (Å²) in [6.45, 7) is 9.76. The van der Waals surface area contributed by atoms with Gasteiger partial charge in [-0.3, -0.25) is 9.36 Å². The normalized spacial score (nSPS) is 12.2. The number of carbonyl (C=O) groups excluding carboxylic acids is 1. The Morgan fingerprint density at radius 2 is 1.93 bits per heavy atom. The summed E-state index contributed by atoms with van der Waals surface area (Å²) in [6.07, 6.45) is 0.739. The fraction of sp³-hybridized carbons (Fsp3) is 0.409. The maximum atomic E-state index is 11.7. The minimum atomic E-state index is -0.385. The molecule has 2 heterocycles. The molecule has 0 N–H and O–H groups in total. The highest BCUT2D eigenvalue weighted by molar-refractivity contribution is 5.78. The average molecular weight is 381 g/mol. The van der Waals surface area contributed by atoms with Crippen LogP contribution < -0.4 is 4.74 Å². The van der Waals surface area contributed by atoms with Gasteiger partial charge in [-0.15, -0.1) is 0 Å². The van der Waals surface area contributed by atoms with E-state index in [1.54, 1.807) is 14.0 Å². The van der Waals surface area contributed by atoms with Crippen molar-refractivity contribution in [3.05, 3.63) is 46.9 Å². The van der Waals surface area contributed by atoms with Crippen molar-refractivity contribution < 1.29 is 14.3 Å². The second kappa shape index (κ2) is 8.00. The van der Waals surface area contributed by atoms with Crippen molar-refractivity contribution >= 4 is 17.1 Å². The zero-order chi connectivity index (χ0) is 20.4. The first-order chi connectivity index (χ1) is 13.4. The first-order valence-electron chi connectivity index (χ1n) is 9.62. The van der Waals surface area contributed by atoms with E-state index in [4.69, 9.17) is 19.4 Å². The number of carbonyl (C=O) groups is 1. The highest BCUT2D eigenvalue weighted by Gasteiger charge is 2.19. The highest BCUT2D eigenvalue weighted by atomic mass is 16.5. The Morgan fingerprint density at radius 3 is 2.57 bits per heavy atom. The van der Waals surface area contributed by atoms with Gasteiger partial charge in [0, 0.05) is 30.2 Å². The van der Waals surface area contributed by atoms with Gasteiger partial charge in [0.05, 0.1) is 12.8 Å². The zero-order valence-corrected chi connectivity index (χ0v) is 17.4. The molecule has 1 unspecified atom stereocenters. The first-order valence-corrected chi connectivity index (χ1v) is 9.62. The summed E-state index contributed by atoms with van der Waals surface area (Å²) in [7, 11) is 1.62. The van der Waals surface area contributed by atoms with Crippen LogP contribution in [0, 0.1) is 13.8 Å². The number of aromatic nitrogens is 3. The van der Waals surface area contributed by atoms with Crippen molar-refractivity contribution in [1.29, 1.82) is 0 Å². The third-order valence-electron chi connectivity index (χ3n) is 4.83. The van der Waals surface area contributed by atoms with Gasteiger partial charge in [0.25, 0.3) is 0 Å². The summed E-state index contributed by atoms with van der Waals surface area (Å²) < 4.78 is 13.1. The van der Waals surface area contributed by atoms with Crippen molar-refractivity contribution in [3.8, 4) is 11.4 Å². The Hall–Kier alpha value is -2.89. The number of hydrogen-bond acceptors (Lipinski definition) is 5. The topological polar surface area (TPSA) is 66.2 Å². The minimum Gasteiger partial charge on any atom is -0.496 e. The molecule has 0 spiro atoms. The monoisotopic (exact) mass is 381 g/mol. The van der Waals surface area contributed by atoms with Gasteiger partial charge < -0.3 is 9.47 Å². The fourth-order valence-corrected chi connectivity index (χ4v) is 3.43. The Balaban J connectivity index is 2.13. The van der Waals surface area contributed by atoms with Crippen molar-refractivity contribution in [2.75, 3.05) is 7.11 Å². The van der Waals surface area contributed by atoms with E-state index >= 15 is 0 Å². The molecular weight excluding hydrogens is 354 g/mol. The molecule has 1 atom stereocenters. The lowest BCUT2D eigenvalue weighted by atomic mass is 10.1. The molecular formula is C22H27N3O3. The number of imidazole rings is 1. The van der Waals surface area contributed by atoms with E-state index in [1.165, 1.54) is 0 Å². The summed E-state index contributed by atoms with van der Waals surface area (Å²) >= 11 is 0. The predicted molar refractivity (Wildman–Crippen MR) is 109 cm³/mol. The van der Waals surface area contributed by atoms with Gasteiger partial charge in [-0.2, -0.15) is 0 Å².